The van der Waals surface area contributed by atoms with Gasteiger partial charge in [0.25, 0.3) is 0 Å². The minimum atomic E-state index is -3.52. The Bertz CT molecular complexity index is 622. The van der Waals surface area contributed by atoms with Gasteiger partial charge in [-0.25, -0.2) is 13.4 Å². The van der Waals surface area contributed by atoms with E-state index in [0.29, 0.717) is 5.56 Å². The highest BCUT2D eigenvalue weighted by Gasteiger charge is 2.21. The number of sulfonamides is 1. The molecule has 1 heterocycles. The van der Waals surface area contributed by atoms with Crippen LogP contribution in [0.4, 0.5) is 0 Å². The molecule has 0 spiro atoms. The van der Waals surface area contributed by atoms with Crippen LogP contribution in [0.5, 0.6) is 0 Å². The highest BCUT2D eigenvalue weighted by molar-refractivity contribution is 7.89. The number of aliphatic hydroxyl groups is 1. The van der Waals surface area contributed by atoms with Gasteiger partial charge in [0.05, 0.1) is 29.3 Å². The lowest BCUT2D eigenvalue weighted by Gasteiger charge is -2.16. The van der Waals surface area contributed by atoms with Crippen LogP contribution in [0.1, 0.15) is 11.3 Å². The van der Waals surface area contributed by atoms with E-state index < -0.39 is 10.0 Å². The Labute approximate surface area is 116 Å². The number of aromatic nitrogens is 1. The Hall–Kier alpha value is -1.28. The molecule has 7 heteroatoms. The van der Waals surface area contributed by atoms with Gasteiger partial charge in [-0.3, -0.25) is 0 Å². The smallest absolute Gasteiger partial charge is 0.243 e. The maximum absolute atomic E-state index is 12.3. The monoisotopic (exact) mass is 298 g/mol. The van der Waals surface area contributed by atoms with Crippen molar-refractivity contribution in [2.24, 2.45) is 0 Å². The molecule has 19 heavy (non-hydrogen) atoms. The van der Waals surface area contributed by atoms with Gasteiger partial charge in [0.15, 0.2) is 0 Å². The minimum Gasteiger partial charge on any atom is -0.392 e. The molecule has 0 aliphatic carbocycles. The molecule has 2 aromatic rings. The summed E-state index contributed by atoms with van der Waals surface area (Å²) in [5.41, 5.74) is 3.08. The fourth-order valence-corrected chi connectivity index (χ4v) is 3.27. The quantitative estimate of drug-likeness (QED) is 0.907. The van der Waals surface area contributed by atoms with E-state index >= 15 is 0 Å². The van der Waals surface area contributed by atoms with Crippen molar-refractivity contribution in [1.82, 2.24) is 9.29 Å². The summed E-state index contributed by atoms with van der Waals surface area (Å²) in [5.74, 6) is 0. The standard InChI is InChI=1S/C12H14N2O3S2/c1-14(6-11-8-18-9-13-11)19(16,17)12-4-2-10(7-15)3-5-12/h2-5,8-9,15H,6-7H2,1H3. The first-order valence-corrected chi connectivity index (χ1v) is 7.95. The van der Waals surface area contributed by atoms with E-state index in [1.165, 1.54) is 34.8 Å². The molecule has 0 aliphatic rings. The van der Waals surface area contributed by atoms with E-state index in [1.54, 1.807) is 17.6 Å². The average molecular weight is 298 g/mol. The molecule has 1 aromatic carbocycles. The van der Waals surface area contributed by atoms with Gasteiger partial charge in [0, 0.05) is 12.4 Å². The van der Waals surface area contributed by atoms with Gasteiger partial charge in [-0.05, 0) is 17.7 Å². The fourth-order valence-electron chi connectivity index (χ4n) is 1.58. The number of nitrogens with zero attached hydrogens (tertiary/aromatic N) is 2. The highest BCUT2D eigenvalue weighted by Crippen LogP contribution is 2.17. The lowest BCUT2D eigenvalue weighted by atomic mass is 10.2. The summed E-state index contributed by atoms with van der Waals surface area (Å²) in [5, 5.41) is 10.8. The van der Waals surface area contributed by atoms with Crippen LogP contribution >= 0.6 is 11.3 Å². The molecular weight excluding hydrogens is 284 g/mol. The van der Waals surface area contributed by atoms with E-state index in [9.17, 15) is 8.42 Å². The molecule has 5 nitrogen and oxygen atoms in total. The summed E-state index contributed by atoms with van der Waals surface area (Å²) >= 11 is 1.43. The highest BCUT2D eigenvalue weighted by atomic mass is 32.2. The number of rotatable bonds is 5. The molecule has 0 saturated heterocycles. The van der Waals surface area contributed by atoms with Crippen LogP contribution in [-0.4, -0.2) is 29.9 Å². The van der Waals surface area contributed by atoms with Crippen LogP contribution in [-0.2, 0) is 23.2 Å². The molecule has 0 radical (unpaired) electrons. The topological polar surface area (TPSA) is 70.5 Å². The van der Waals surface area contributed by atoms with Gasteiger partial charge in [0.1, 0.15) is 0 Å². The lowest BCUT2D eigenvalue weighted by Crippen LogP contribution is -2.26. The molecule has 1 N–H and O–H groups in total. The van der Waals surface area contributed by atoms with Gasteiger partial charge in [0.2, 0.25) is 10.0 Å². The number of aliphatic hydroxyl groups excluding tert-OH is 1. The van der Waals surface area contributed by atoms with Gasteiger partial charge >= 0.3 is 0 Å². The molecule has 0 unspecified atom stereocenters. The predicted molar refractivity (Wildman–Crippen MR) is 73.1 cm³/mol. The summed E-state index contributed by atoms with van der Waals surface area (Å²) in [6.45, 7) is 0.141. The van der Waals surface area contributed by atoms with Crippen LogP contribution in [0.15, 0.2) is 40.1 Å². The molecule has 0 bridgehead atoms. The van der Waals surface area contributed by atoms with Crippen molar-refractivity contribution in [2.45, 2.75) is 18.0 Å². The second-order valence-corrected chi connectivity index (χ2v) is 6.81. The maximum Gasteiger partial charge on any atom is 0.243 e. The zero-order valence-electron chi connectivity index (χ0n) is 10.4. The Balaban J connectivity index is 2.20. The Morgan fingerprint density at radius 2 is 2.00 bits per heavy atom. The number of benzene rings is 1. The summed E-state index contributed by atoms with van der Waals surface area (Å²) < 4.78 is 25.9. The summed E-state index contributed by atoms with van der Waals surface area (Å²) in [6, 6.07) is 6.20. The lowest BCUT2D eigenvalue weighted by molar-refractivity contribution is 0.281. The third-order valence-corrected chi connectivity index (χ3v) is 5.14. The Morgan fingerprint density at radius 1 is 1.32 bits per heavy atom. The molecule has 0 atom stereocenters. The molecule has 1 aromatic heterocycles. The van der Waals surface area contributed by atoms with Crippen LogP contribution in [0.25, 0.3) is 0 Å². The first-order valence-electron chi connectivity index (χ1n) is 5.57. The van der Waals surface area contributed by atoms with E-state index in [2.05, 4.69) is 4.98 Å². The van der Waals surface area contributed by atoms with Crippen molar-refractivity contribution in [3.8, 4) is 0 Å². The third-order valence-electron chi connectivity index (χ3n) is 2.68. The van der Waals surface area contributed by atoms with E-state index in [-0.39, 0.29) is 18.0 Å². The second-order valence-electron chi connectivity index (χ2n) is 4.04. The largest absolute Gasteiger partial charge is 0.392 e. The van der Waals surface area contributed by atoms with E-state index in [0.717, 1.165) is 5.69 Å². The maximum atomic E-state index is 12.3. The zero-order chi connectivity index (χ0) is 13.9. The van der Waals surface area contributed by atoms with Crippen LogP contribution < -0.4 is 0 Å². The van der Waals surface area contributed by atoms with Crippen LogP contribution in [0, 0.1) is 0 Å². The van der Waals surface area contributed by atoms with Gasteiger partial charge in [-0.2, -0.15) is 4.31 Å². The second kappa shape index (κ2) is 5.79. The number of hydrogen-bond donors (Lipinski definition) is 1. The number of thiazole rings is 1. The van der Waals surface area contributed by atoms with E-state index in [1.807, 2.05) is 5.38 Å². The molecule has 0 saturated carbocycles. The van der Waals surface area contributed by atoms with Gasteiger partial charge in [-0.1, -0.05) is 12.1 Å². The summed E-state index contributed by atoms with van der Waals surface area (Å²) in [7, 11) is -2.00. The fraction of sp³-hybridized carbons (Fsp3) is 0.250. The zero-order valence-corrected chi connectivity index (χ0v) is 12.0. The SMILES string of the molecule is CN(Cc1cscn1)S(=O)(=O)c1ccc(CO)cc1. The summed E-state index contributed by atoms with van der Waals surface area (Å²) in [4.78, 5) is 4.28. The average Bonchev–Trinajstić information content (AvgIpc) is 2.91. The van der Waals surface area contributed by atoms with Crippen molar-refractivity contribution < 1.29 is 13.5 Å². The molecule has 0 aliphatic heterocycles. The van der Waals surface area contributed by atoms with Crippen molar-refractivity contribution in [3.05, 3.63) is 46.4 Å². The molecule has 0 amide bonds. The van der Waals surface area contributed by atoms with Crippen molar-refractivity contribution in [3.63, 3.8) is 0 Å². The molecule has 2 rings (SSSR count). The van der Waals surface area contributed by atoms with E-state index in [4.69, 9.17) is 5.11 Å². The first-order chi connectivity index (χ1) is 9.04. The van der Waals surface area contributed by atoms with Gasteiger partial charge in [-0.15, -0.1) is 11.3 Å². The van der Waals surface area contributed by atoms with Crippen molar-refractivity contribution in [1.29, 1.82) is 0 Å². The van der Waals surface area contributed by atoms with Crippen LogP contribution in [0.3, 0.4) is 0 Å². The van der Waals surface area contributed by atoms with Crippen LogP contribution in [0.2, 0.25) is 0 Å². The Kier molecular flexibility index (Phi) is 4.31. The third kappa shape index (κ3) is 3.19. The molecule has 0 fully saturated rings. The molecule has 102 valence electrons. The first kappa shape index (κ1) is 14.1. The van der Waals surface area contributed by atoms with Crippen molar-refractivity contribution >= 4 is 21.4 Å². The Morgan fingerprint density at radius 3 is 2.53 bits per heavy atom. The summed E-state index contributed by atoms with van der Waals surface area (Å²) in [6.07, 6.45) is 0. The minimum absolute atomic E-state index is 0.102. The molecular formula is C12H14N2O3S2. The van der Waals surface area contributed by atoms with Crippen molar-refractivity contribution in [2.75, 3.05) is 7.05 Å². The predicted octanol–water partition coefficient (Wildman–Crippen LogP) is 1.46. The van der Waals surface area contributed by atoms with Gasteiger partial charge < -0.3 is 5.11 Å². The normalized spacial score (nSPS) is 11.9. The number of hydrogen-bond acceptors (Lipinski definition) is 5.